The van der Waals surface area contributed by atoms with Gasteiger partial charge in [-0.15, -0.1) is 0 Å². The maximum Gasteiger partial charge on any atom is 0.310 e. The molecular weight excluding hydrogens is 363 g/mol. The lowest BCUT2D eigenvalue weighted by molar-refractivity contribution is -0.470. The average molecular weight is 373 g/mol. The Bertz CT molecular complexity index is 710. The van der Waals surface area contributed by atoms with Crippen molar-refractivity contribution in [3.63, 3.8) is 0 Å². The third-order valence-electron chi connectivity index (χ3n) is 3.34. The molecular formula is C11H10Cl3N2O2S2+. The van der Waals surface area contributed by atoms with Crippen molar-refractivity contribution in [1.82, 2.24) is 0 Å². The van der Waals surface area contributed by atoms with Gasteiger partial charge in [0.1, 0.15) is 6.04 Å². The van der Waals surface area contributed by atoms with E-state index >= 15 is 0 Å². The van der Waals surface area contributed by atoms with E-state index in [-0.39, 0.29) is 22.8 Å². The second kappa shape index (κ2) is 4.95. The number of rotatable bonds is 1. The number of nitrogens with two attached hydrogens (primary N) is 1. The summed E-state index contributed by atoms with van der Waals surface area (Å²) < 4.78 is 25.3. The van der Waals surface area contributed by atoms with Crippen molar-refractivity contribution >= 4 is 67.3 Å². The fourth-order valence-electron chi connectivity index (χ4n) is 2.57. The monoisotopic (exact) mass is 371 g/mol. The maximum absolute atomic E-state index is 11.8. The molecule has 2 aliphatic rings. The summed E-state index contributed by atoms with van der Waals surface area (Å²) in [6, 6.07) is 2.90. The van der Waals surface area contributed by atoms with Crippen LogP contribution < -0.4 is 5.73 Å². The summed E-state index contributed by atoms with van der Waals surface area (Å²) in [5.74, 6) is 0.184. The summed E-state index contributed by atoms with van der Waals surface area (Å²) in [5.41, 5.74) is 6.55. The van der Waals surface area contributed by atoms with Crippen molar-refractivity contribution in [2.75, 3.05) is 11.5 Å². The van der Waals surface area contributed by atoms with Crippen molar-refractivity contribution in [3.8, 4) is 0 Å². The molecule has 0 radical (unpaired) electrons. The van der Waals surface area contributed by atoms with Crippen LogP contribution in [0.2, 0.25) is 15.1 Å². The van der Waals surface area contributed by atoms with Gasteiger partial charge in [0.15, 0.2) is 15.5 Å². The van der Waals surface area contributed by atoms with Crippen LogP contribution in [0.3, 0.4) is 0 Å². The summed E-state index contributed by atoms with van der Waals surface area (Å²) in [6.07, 6.45) is 0. The molecule has 0 aromatic heterocycles. The van der Waals surface area contributed by atoms with Crippen molar-refractivity contribution in [3.05, 3.63) is 27.2 Å². The third kappa shape index (κ3) is 2.41. The molecule has 108 valence electrons. The highest BCUT2D eigenvalue weighted by Gasteiger charge is 2.50. The quantitative estimate of drug-likeness (QED) is 0.769. The molecule has 1 aromatic carbocycles. The predicted molar refractivity (Wildman–Crippen MR) is 84.4 cm³/mol. The van der Waals surface area contributed by atoms with Gasteiger partial charge in [-0.05, 0) is 23.9 Å². The van der Waals surface area contributed by atoms with Crippen molar-refractivity contribution in [2.24, 2.45) is 5.73 Å². The Morgan fingerprint density at radius 3 is 2.40 bits per heavy atom. The molecule has 2 N–H and O–H groups in total. The Hall–Kier alpha value is -0.140. The van der Waals surface area contributed by atoms with Crippen LogP contribution in [0.15, 0.2) is 12.1 Å². The molecule has 20 heavy (non-hydrogen) atoms. The van der Waals surface area contributed by atoms with Gasteiger partial charge >= 0.3 is 5.17 Å². The van der Waals surface area contributed by atoms with Crippen LogP contribution in [0.5, 0.6) is 0 Å². The van der Waals surface area contributed by atoms with Crippen LogP contribution in [0, 0.1) is 0 Å². The summed E-state index contributed by atoms with van der Waals surface area (Å²) >= 11 is 19.7. The molecule has 0 unspecified atom stereocenters. The number of hydrogen-bond donors (Lipinski definition) is 1. The van der Waals surface area contributed by atoms with Gasteiger partial charge in [0.2, 0.25) is 0 Å². The van der Waals surface area contributed by atoms with Crippen molar-refractivity contribution in [1.29, 1.82) is 0 Å². The van der Waals surface area contributed by atoms with Gasteiger partial charge in [0, 0.05) is 5.02 Å². The van der Waals surface area contributed by atoms with Gasteiger partial charge in [0.05, 0.1) is 26.8 Å². The van der Waals surface area contributed by atoms with Crippen molar-refractivity contribution < 1.29 is 13.0 Å². The lowest BCUT2D eigenvalue weighted by atomic mass is 10.2. The van der Waals surface area contributed by atoms with E-state index in [4.69, 9.17) is 40.5 Å². The minimum atomic E-state index is -3.05. The molecule has 3 rings (SSSR count). The molecule has 0 saturated carbocycles. The average Bonchev–Trinajstić information content (AvgIpc) is 2.70. The maximum atomic E-state index is 11.8. The number of sulfone groups is 1. The van der Waals surface area contributed by atoms with E-state index < -0.39 is 9.84 Å². The third-order valence-corrected chi connectivity index (χ3v) is 7.28. The van der Waals surface area contributed by atoms with Crippen LogP contribution in [0.25, 0.3) is 0 Å². The zero-order valence-corrected chi connectivity index (χ0v) is 13.9. The summed E-state index contributed by atoms with van der Waals surface area (Å²) in [4.78, 5) is 0. The molecule has 0 amide bonds. The Balaban J connectivity index is 2.13. The summed E-state index contributed by atoms with van der Waals surface area (Å²) in [6.45, 7) is 0. The standard InChI is InChI=1S/C11H9Cl3N2O2S2/c12-5-1-6(13)10(7(14)2-5)16-8-3-20(17,18)4-9(8)19-11(16)15/h1-2,8-9,15H,3-4H2/p+1/t8-,9+/m0/s1. The minimum absolute atomic E-state index is 0.0562. The van der Waals surface area contributed by atoms with Gasteiger partial charge < -0.3 is 0 Å². The first-order valence-electron chi connectivity index (χ1n) is 5.72. The highest BCUT2D eigenvalue weighted by molar-refractivity contribution is 8.15. The van der Waals surface area contributed by atoms with Crippen LogP contribution in [0.4, 0.5) is 5.69 Å². The number of halogens is 3. The Morgan fingerprint density at radius 1 is 1.20 bits per heavy atom. The smallest absolute Gasteiger partial charge is 0.281 e. The Labute approximate surface area is 135 Å². The molecule has 9 heteroatoms. The number of thioether (sulfide) groups is 1. The number of benzene rings is 1. The van der Waals surface area contributed by atoms with E-state index in [1.165, 1.54) is 11.8 Å². The normalized spacial score (nSPS) is 27.9. The second-order valence-electron chi connectivity index (χ2n) is 4.73. The number of nitrogens with zero attached hydrogens (tertiary/aromatic N) is 1. The molecule has 2 aliphatic heterocycles. The summed E-state index contributed by atoms with van der Waals surface area (Å²) in [7, 11) is -3.05. The van der Waals surface area contributed by atoms with Gasteiger partial charge in [-0.1, -0.05) is 34.8 Å². The molecule has 2 heterocycles. The number of fused-ring (bicyclic) bond motifs is 1. The fraction of sp³-hybridized carbons (Fsp3) is 0.364. The topological polar surface area (TPSA) is 63.2 Å². The highest BCUT2D eigenvalue weighted by Crippen LogP contribution is 2.43. The molecule has 1 aromatic rings. The van der Waals surface area contributed by atoms with Gasteiger partial charge in [-0.3, -0.25) is 5.73 Å². The van der Waals surface area contributed by atoms with E-state index in [1.807, 2.05) is 0 Å². The van der Waals surface area contributed by atoms with Crippen LogP contribution >= 0.6 is 46.6 Å². The Kier molecular flexibility index (Phi) is 3.66. The van der Waals surface area contributed by atoms with Crippen LogP contribution in [-0.2, 0) is 9.84 Å². The fourth-order valence-corrected chi connectivity index (χ4v) is 7.37. The first-order valence-corrected chi connectivity index (χ1v) is 9.55. The molecule has 1 fully saturated rings. The van der Waals surface area contributed by atoms with E-state index in [0.29, 0.717) is 25.9 Å². The summed E-state index contributed by atoms with van der Waals surface area (Å²) in [5, 5.41) is 1.57. The lowest BCUT2D eigenvalue weighted by Gasteiger charge is -2.13. The van der Waals surface area contributed by atoms with E-state index in [0.717, 1.165) is 0 Å². The molecule has 2 atom stereocenters. The Morgan fingerprint density at radius 2 is 1.80 bits per heavy atom. The van der Waals surface area contributed by atoms with E-state index in [2.05, 4.69) is 0 Å². The molecule has 1 saturated heterocycles. The SMILES string of the molecule is NC1=[N+](c2c(Cl)cc(Cl)cc2Cl)[C@H]2CS(=O)(=O)C[C@H]2S1. The zero-order chi connectivity index (χ0) is 14.7. The number of hydrogen-bond acceptors (Lipinski definition) is 4. The van der Waals surface area contributed by atoms with Crippen LogP contribution in [-0.4, -0.2) is 41.0 Å². The molecule has 0 spiro atoms. The highest BCUT2D eigenvalue weighted by atomic mass is 35.5. The first kappa shape index (κ1) is 14.8. The molecule has 0 bridgehead atoms. The largest absolute Gasteiger partial charge is 0.310 e. The van der Waals surface area contributed by atoms with Gasteiger partial charge in [-0.2, -0.15) is 0 Å². The van der Waals surface area contributed by atoms with Crippen molar-refractivity contribution in [2.45, 2.75) is 11.3 Å². The van der Waals surface area contributed by atoms with Gasteiger partial charge in [0.25, 0.3) is 0 Å². The molecule has 0 aliphatic carbocycles. The lowest BCUT2D eigenvalue weighted by Crippen LogP contribution is -2.29. The van der Waals surface area contributed by atoms with Gasteiger partial charge in [-0.25, -0.2) is 13.0 Å². The minimum Gasteiger partial charge on any atom is -0.281 e. The van der Waals surface area contributed by atoms with E-state index in [1.54, 1.807) is 16.7 Å². The predicted octanol–water partition coefficient (Wildman–Crippen LogP) is 2.52. The second-order valence-corrected chi connectivity index (χ2v) is 9.39. The van der Waals surface area contributed by atoms with E-state index in [9.17, 15) is 8.42 Å². The molecule has 4 nitrogen and oxygen atoms in total. The zero-order valence-electron chi connectivity index (χ0n) is 10.0. The first-order chi connectivity index (χ1) is 9.28. The van der Waals surface area contributed by atoms with Crippen LogP contribution in [0.1, 0.15) is 0 Å². The number of amidine groups is 1.